The van der Waals surface area contributed by atoms with Crippen LogP contribution in [0.5, 0.6) is 5.75 Å². The fourth-order valence-corrected chi connectivity index (χ4v) is 2.35. The Morgan fingerprint density at radius 3 is 3.11 bits per heavy atom. The third kappa shape index (κ3) is 1.99. The van der Waals surface area contributed by atoms with Crippen molar-refractivity contribution in [1.29, 1.82) is 0 Å². The highest BCUT2D eigenvalue weighted by molar-refractivity contribution is 6.03. The summed E-state index contributed by atoms with van der Waals surface area (Å²) < 4.78 is 23.7. The molecule has 0 bridgehead atoms. The van der Waals surface area contributed by atoms with Gasteiger partial charge in [-0.25, -0.2) is 9.02 Å². The molecule has 0 aliphatic heterocycles. The predicted octanol–water partition coefficient (Wildman–Crippen LogP) is 2.48. The van der Waals surface area contributed by atoms with Gasteiger partial charge in [0.1, 0.15) is 23.9 Å². The van der Waals surface area contributed by atoms with Gasteiger partial charge in [-0.2, -0.15) is 0 Å². The summed E-state index contributed by atoms with van der Waals surface area (Å²) in [7, 11) is 0. The van der Waals surface area contributed by atoms with E-state index in [1.165, 1.54) is 18.3 Å². The number of carbonyl (C=O) groups is 1. The Balaban J connectivity index is 1.93. The van der Waals surface area contributed by atoms with E-state index in [4.69, 9.17) is 4.74 Å². The van der Waals surface area contributed by atoms with Crippen molar-refractivity contribution in [3.63, 3.8) is 0 Å². The van der Waals surface area contributed by atoms with Gasteiger partial charge in [0.25, 0.3) is 0 Å². The van der Waals surface area contributed by atoms with Gasteiger partial charge in [0.2, 0.25) is 0 Å². The van der Waals surface area contributed by atoms with Crippen LogP contribution in [0.25, 0.3) is 0 Å². The lowest BCUT2D eigenvalue weighted by atomic mass is 10.0. The lowest BCUT2D eigenvalue weighted by Crippen LogP contribution is -2.03. The van der Waals surface area contributed by atoms with Gasteiger partial charge in [0.05, 0.1) is 11.8 Å². The Kier molecular flexibility index (Phi) is 2.77. The highest BCUT2D eigenvalue weighted by atomic mass is 19.1. The van der Waals surface area contributed by atoms with Gasteiger partial charge < -0.3 is 4.74 Å². The molecule has 1 aliphatic carbocycles. The Morgan fingerprint density at radius 2 is 2.37 bits per heavy atom. The van der Waals surface area contributed by atoms with E-state index in [-0.39, 0.29) is 24.1 Å². The molecule has 0 N–H and O–H groups in total. The van der Waals surface area contributed by atoms with Gasteiger partial charge in [-0.3, -0.25) is 4.79 Å². The standard InChI is InChI=1S/C13H11FN2O3/c1-7-4-10(17)13-11(3-2-9(14)12(7)13)18-6-8-5-15-19-16-8/h2-3,5,7H,4,6H2,1H3. The maximum Gasteiger partial charge on any atom is 0.167 e. The molecule has 1 aliphatic rings. The summed E-state index contributed by atoms with van der Waals surface area (Å²) in [5.74, 6) is -0.174. The first-order valence-electron chi connectivity index (χ1n) is 5.91. The number of ether oxygens (including phenoxy) is 1. The molecule has 98 valence electrons. The topological polar surface area (TPSA) is 65.2 Å². The highest BCUT2D eigenvalue weighted by Gasteiger charge is 2.32. The molecule has 0 fully saturated rings. The molecule has 5 nitrogen and oxygen atoms in total. The summed E-state index contributed by atoms with van der Waals surface area (Å²) >= 11 is 0. The maximum atomic E-state index is 13.8. The number of carbonyl (C=O) groups excluding carboxylic acids is 1. The first kappa shape index (κ1) is 11.8. The van der Waals surface area contributed by atoms with Crippen LogP contribution in [0.4, 0.5) is 4.39 Å². The van der Waals surface area contributed by atoms with Crippen molar-refractivity contribution in [2.45, 2.75) is 25.9 Å². The fourth-order valence-electron chi connectivity index (χ4n) is 2.35. The number of hydrogen-bond acceptors (Lipinski definition) is 5. The Labute approximate surface area is 108 Å². The number of ketones is 1. The van der Waals surface area contributed by atoms with Gasteiger partial charge >= 0.3 is 0 Å². The Morgan fingerprint density at radius 1 is 1.53 bits per heavy atom. The number of benzene rings is 1. The summed E-state index contributed by atoms with van der Waals surface area (Å²) in [4.78, 5) is 11.9. The van der Waals surface area contributed by atoms with Crippen molar-refractivity contribution < 1.29 is 18.6 Å². The summed E-state index contributed by atoms with van der Waals surface area (Å²) in [6, 6.07) is 2.79. The van der Waals surface area contributed by atoms with E-state index in [1.807, 2.05) is 6.92 Å². The number of hydrogen-bond donors (Lipinski definition) is 0. The molecule has 0 saturated carbocycles. The van der Waals surface area contributed by atoms with Crippen molar-refractivity contribution in [1.82, 2.24) is 10.3 Å². The summed E-state index contributed by atoms with van der Waals surface area (Å²) in [6.07, 6.45) is 1.74. The predicted molar refractivity (Wildman–Crippen MR) is 62.4 cm³/mol. The van der Waals surface area contributed by atoms with Crippen LogP contribution >= 0.6 is 0 Å². The molecule has 2 aromatic rings. The molecular weight excluding hydrogens is 251 g/mol. The van der Waals surface area contributed by atoms with E-state index in [1.54, 1.807) is 0 Å². The molecule has 1 unspecified atom stereocenters. The molecule has 3 rings (SSSR count). The van der Waals surface area contributed by atoms with E-state index in [0.29, 0.717) is 29.0 Å². The summed E-state index contributed by atoms with van der Waals surface area (Å²) in [5.41, 5.74) is 1.31. The highest BCUT2D eigenvalue weighted by Crippen LogP contribution is 2.39. The van der Waals surface area contributed by atoms with Crippen LogP contribution in [0, 0.1) is 5.82 Å². The monoisotopic (exact) mass is 262 g/mol. The number of halogens is 1. The third-order valence-electron chi connectivity index (χ3n) is 3.20. The van der Waals surface area contributed by atoms with E-state index in [2.05, 4.69) is 14.9 Å². The second-order valence-electron chi connectivity index (χ2n) is 4.55. The van der Waals surface area contributed by atoms with E-state index in [9.17, 15) is 9.18 Å². The molecule has 0 amide bonds. The average molecular weight is 262 g/mol. The van der Waals surface area contributed by atoms with E-state index in [0.717, 1.165) is 0 Å². The summed E-state index contributed by atoms with van der Waals surface area (Å²) in [5, 5.41) is 7.06. The van der Waals surface area contributed by atoms with Crippen LogP contribution in [-0.4, -0.2) is 16.1 Å². The SMILES string of the molecule is CC1CC(=O)c2c(OCc3cnon3)ccc(F)c21. The molecule has 0 radical (unpaired) electrons. The van der Waals surface area contributed by atoms with E-state index < -0.39 is 0 Å². The minimum Gasteiger partial charge on any atom is -0.486 e. The van der Waals surface area contributed by atoms with Gasteiger partial charge in [0.15, 0.2) is 5.78 Å². The third-order valence-corrected chi connectivity index (χ3v) is 3.20. The smallest absolute Gasteiger partial charge is 0.167 e. The van der Waals surface area contributed by atoms with Gasteiger partial charge in [-0.05, 0) is 18.1 Å². The van der Waals surface area contributed by atoms with Crippen LogP contribution in [0.2, 0.25) is 0 Å². The number of nitrogens with zero attached hydrogens (tertiary/aromatic N) is 2. The zero-order chi connectivity index (χ0) is 13.4. The molecule has 6 heteroatoms. The number of rotatable bonds is 3. The zero-order valence-electron chi connectivity index (χ0n) is 10.2. The van der Waals surface area contributed by atoms with Crippen molar-refractivity contribution in [3.05, 3.63) is 41.0 Å². The fraction of sp³-hybridized carbons (Fsp3) is 0.308. The largest absolute Gasteiger partial charge is 0.486 e. The van der Waals surface area contributed by atoms with Crippen LogP contribution in [0.1, 0.15) is 40.9 Å². The maximum absolute atomic E-state index is 13.8. The number of aromatic nitrogens is 2. The first-order valence-corrected chi connectivity index (χ1v) is 5.91. The second kappa shape index (κ2) is 4.46. The normalized spacial score (nSPS) is 17.6. The molecule has 1 aromatic carbocycles. The lowest BCUT2D eigenvalue weighted by molar-refractivity contribution is 0.0986. The van der Waals surface area contributed by atoms with E-state index >= 15 is 0 Å². The molecular formula is C13H11FN2O3. The Bertz CT molecular complexity index is 625. The van der Waals surface area contributed by atoms with Gasteiger partial charge in [0, 0.05) is 12.0 Å². The molecule has 19 heavy (non-hydrogen) atoms. The molecule has 0 saturated heterocycles. The molecule has 0 spiro atoms. The number of Topliss-reactive ketones (excluding diaryl/α,β-unsaturated/α-hetero) is 1. The van der Waals surface area contributed by atoms with Crippen molar-refractivity contribution in [2.75, 3.05) is 0 Å². The van der Waals surface area contributed by atoms with Gasteiger partial charge in [-0.1, -0.05) is 17.2 Å². The minimum absolute atomic E-state index is 0.0877. The average Bonchev–Trinajstić information content (AvgIpc) is 2.98. The minimum atomic E-state index is -0.358. The van der Waals surface area contributed by atoms with Crippen LogP contribution in [-0.2, 0) is 6.61 Å². The zero-order valence-corrected chi connectivity index (χ0v) is 10.2. The molecule has 1 heterocycles. The van der Waals surface area contributed by atoms with Gasteiger partial charge in [-0.15, -0.1) is 0 Å². The van der Waals surface area contributed by atoms with Crippen molar-refractivity contribution >= 4 is 5.78 Å². The van der Waals surface area contributed by atoms with Crippen LogP contribution in [0.15, 0.2) is 23.0 Å². The number of fused-ring (bicyclic) bond motifs is 1. The molecule has 1 atom stereocenters. The quantitative estimate of drug-likeness (QED) is 0.850. The lowest BCUT2D eigenvalue weighted by Gasteiger charge is -2.10. The van der Waals surface area contributed by atoms with Crippen LogP contribution < -0.4 is 4.74 Å². The molecule has 1 aromatic heterocycles. The van der Waals surface area contributed by atoms with Crippen molar-refractivity contribution in [2.24, 2.45) is 0 Å². The van der Waals surface area contributed by atoms with Crippen LogP contribution in [0.3, 0.4) is 0 Å². The second-order valence-corrected chi connectivity index (χ2v) is 4.55. The first-order chi connectivity index (χ1) is 9.16. The Hall–Kier alpha value is -2.24. The summed E-state index contributed by atoms with van der Waals surface area (Å²) in [6.45, 7) is 1.96. The van der Waals surface area contributed by atoms with Crippen molar-refractivity contribution in [3.8, 4) is 5.75 Å².